The molecular weight excluding hydrogens is 292 g/mol. The van der Waals surface area contributed by atoms with Crippen LogP contribution in [0.15, 0.2) is 12.1 Å². The zero-order valence-electron chi connectivity index (χ0n) is 12.8. The van der Waals surface area contributed by atoms with Gasteiger partial charge >= 0.3 is 5.69 Å². The molecule has 2 rings (SSSR count). The van der Waals surface area contributed by atoms with Gasteiger partial charge in [-0.25, -0.2) is 0 Å². The summed E-state index contributed by atoms with van der Waals surface area (Å²) in [5.74, 6) is 0.347. The van der Waals surface area contributed by atoms with E-state index >= 15 is 0 Å². The van der Waals surface area contributed by atoms with Gasteiger partial charge in [0.15, 0.2) is 12.0 Å². The standard InChI is InChI=1S/C14H18N2O6/c1-19-10-7-9-11(12(16(17)18)13(10)20-2)8(5-6-15-9)14(21-3)22-4/h5,7,14-15H,6H2,1-4H3. The fraction of sp³-hybridized carbons (Fsp3) is 0.429. The highest BCUT2D eigenvalue weighted by Gasteiger charge is 2.34. The Kier molecular flexibility index (Phi) is 4.84. The minimum Gasteiger partial charge on any atom is -0.493 e. The van der Waals surface area contributed by atoms with E-state index in [-0.39, 0.29) is 17.2 Å². The molecule has 0 bridgehead atoms. The monoisotopic (exact) mass is 310 g/mol. The van der Waals surface area contributed by atoms with Crippen molar-refractivity contribution in [3.8, 4) is 11.5 Å². The van der Waals surface area contributed by atoms with Gasteiger partial charge in [0.25, 0.3) is 0 Å². The summed E-state index contributed by atoms with van der Waals surface area (Å²) in [7, 11) is 5.74. The average molecular weight is 310 g/mol. The Hall–Kier alpha value is -2.32. The van der Waals surface area contributed by atoms with E-state index in [9.17, 15) is 10.1 Å². The predicted molar refractivity (Wildman–Crippen MR) is 80.5 cm³/mol. The lowest BCUT2D eigenvalue weighted by Gasteiger charge is -2.25. The summed E-state index contributed by atoms with van der Waals surface area (Å²) in [5, 5.41) is 14.7. The molecule has 0 saturated carbocycles. The van der Waals surface area contributed by atoms with Gasteiger partial charge in [-0.1, -0.05) is 6.08 Å². The van der Waals surface area contributed by atoms with E-state index in [0.29, 0.717) is 23.4 Å². The molecule has 0 fully saturated rings. The lowest BCUT2D eigenvalue weighted by Crippen LogP contribution is -2.21. The molecule has 0 spiro atoms. The van der Waals surface area contributed by atoms with Gasteiger partial charge in [-0.3, -0.25) is 10.1 Å². The van der Waals surface area contributed by atoms with Crippen molar-refractivity contribution in [2.75, 3.05) is 40.3 Å². The largest absolute Gasteiger partial charge is 0.493 e. The number of hydrogen-bond acceptors (Lipinski definition) is 7. The number of nitrogens with zero attached hydrogens (tertiary/aromatic N) is 1. The van der Waals surface area contributed by atoms with E-state index in [0.717, 1.165) is 0 Å². The van der Waals surface area contributed by atoms with Crippen molar-refractivity contribution < 1.29 is 23.9 Å². The van der Waals surface area contributed by atoms with Gasteiger partial charge in [0, 0.05) is 32.4 Å². The minimum absolute atomic E-state index is 0.0619. The highest BCUT2D eigenvalue weighted by Crippen LogP contribution is 2.48. The van der Waals surface area contributed by atoms with Crippen molar-refractivity contribution in [2.45, 2.75) is 6.29 Å². The Morgan fingerprint density at radius 1 is 1.23 bits per heavy atom. The number of hydrogen-bond donors (Lipinski definition) is 1. The first-order chi connectivity index (χ1) is 10.6. The number of rotatable bonds is 6. The fourth-order valence-corrected chi connectivity index (χ4v) is 2.52. The third kappa shape index (κ3) is 2.58. The van der Waals surface area contributed by atoms with Crippen molar-refractivity contribution in [2.24, 2.45) is 0 Å². The number of nitro benzene ring substituents is 1. The molecule has 1 heterocycles. The van der Waals surface area contributed by atoms with E-state index < -0.39 is 11.2 Å². The van der Waals surface area contributed by atoms with E-state index in [1.165, 1.54) is 28.4 Å². The molecule has 0 radical (unpaired) electrons. The average Bonchev–Trinajstić information content (AvgIpc) is 2.53. The normalized spacial score (nSPS) is 13.2. The summed E-state index contributed by atoms with van der Waals surface area (Å²) in [6, 6.07) is 1.66. The molecule has 0 aromatic heterocycles. The Morgan fingerprint density at radius 3 is 2.41 bits per heavy atom. The van der Waals surface area contributed by atoms with Crippen LogP contribution < -0.4 is 14.8 Å². The number of methoxy groups -OCH3 is 4. The molecule has 0 amide bonds. The van der Waals surface area contributed by atoms with Gasteiger partial charge in [-0.2, -0.15) is 0 Å². The molecule has 8 nitrogen and oxygen atoms in total. The number of anilines is 1. The highest BCUT2D eigenvalue weighted by atomic mass is 16.7. The van der Waals surface area contributed by atoms with Gasteiger partial charge in [-0.15, -0.1) is 0 Å². The molecule has 1 aliphatic rings. The van der Waals surface area contributed by atoms with Crippen LogP contribution in [0.25, 0.3) is 5.57 Å². The van der Waals surface area contributed by atoms with Crippen molar-refractivity contribution >= 4 is 16.9 Å². The lowest BCUT2D eigenvalue weighted by atomic mass is 9.96. The second kappa shape index (κ2) is 6.63. The van der Waals surface area contributed by atoms with Gasteiger partial charge in [-0.05, 0) is 0 Å². The lowest BCUT2D eigenvalue weighted by molar-refractivity contribution is -0.386. The summed E-state index contributed by atoms with van der Waals surface area (Å²) in [6.45, 7) is 0.498. The van der Waals surface area contributed by atoms with Gasteiger partial charge in [0.2, 0.25) is 5.75 Å². The number of fused-ring (bicyclic) bond motifs is 1. The van der Waals surface area contributed by atoms with Crippen LogP contribution in [0.1, 0.15) is 5.56 Å². The molecule has 8 heteroatoms. The van der Waals surface area contributed by atoms with E-state index in [2.05, 4.69) is 5.32 Å². The number of nitrogens with one attached hydrogen (secondary N) is 1. The van der Waals surface area contributed by atoms with Crippen LogP contribution in [0.5, 0.6) is 11.5 Å². The van der Waals surface area contributed by atoms with E-state index in [1.807, 2.05) is 0 Å². The zero-order valence-corrected chi connectivity index (χ0v) is 12.8. The number of benzene rings is 1. The molecule has 0 unspecified atom stereocenters. The fourth-order valence-electron chi connectivity index (χ4n) is 2.52. The summed E-state index contributed by atoms with van der Waals surface area (Å²) in [5.41, 5.74) is 1.34. The SMILES string of the molecule is COc1cc2c(c([N+](=O)[O-])c1OC)C(C(OC)OC)=CCN2. The maximum absolute atomic E-state index is 11.6. The van der Waals surface area contributed by atoms with Gasteiger partial charge < -0.3 is 24.3 Å². The molecule has 120 valence electrons. The summed E-state index contributed by atoms with van der Waals surface area (Å²) >= 11 is 0. The van der Waals surface area contributed by atoms with Crippen LogP contribution >= 0.6 is 0 Å². The summed E-state index contributed by atoms with van der Waals surface area (Å²) in [6.07, 6.45) is 1.08. The third-order valence-electron chi connectivity index (χ3n) is 3.41. The van der Waals surface area contributed by atoms with Crippen LogP contribution in [0, 0.1) is 10.1 Å². The van der Waals surface area contributed by atoms with Crippen LogP contribution in [-0.4, -0.2) is 46.2 Å². The van der Waals surface area contributed by atoms with Crippen molar-refractivity contribution in [1.29, 1.82) is 0 Å². The molecule has 22 heavy (non-hydrogen) atoms. The van der Waals surface area contributed by atoms with Crippen LogP contribution in [0.3, 0.4) is 0 Å². The third-order valence-corrected chi connectivity index (χ3v) is 3.41. The topological polar surface area (TPSA) is 92.1 Å². The highest BCUT2D eigenvalue weighted by molar-refractivity contribution is 5.90. The molecular formula is C14H18N2O6. The second-order valence-electron chi connectivity index (χ2n) is 4.48. The molecule has 1 N–H and O–H groups in total. The smallest absolute Gasteiger partial charge is 0.324 e. The van der Waals surface area contributed by atoms with Gasteiger partial charge in [0.1, 0.15) is 0 Å². The van der Waals surface area contributed by atoms with Crippen LogP contribution in [0.2, 0.25) is 0 Å². The quantitative estimate of drug-likeness (QED) is 0.488. The zero-order chi connectivity index (χ0) is 16.3. The van der Waals surface area contributed by atoms with Crippen LogP contribution in [-0.2, 0) is 9.47 Å². The first-order valence-electron chi connectivity index (χ1n) is 6.52. The van der Waals surface area contributed by atoms with Gasteiger partial charge in [0.05, 0.1) is 30.4 Å². The van der Waals surface area contributed by atoms with E-state index in [1.54, 1.807) is 12.1 Å². The summed E-state index contributed by atoms with van der Waals surface area (Å²) in [4.78, 5) is 11.1. The Balaban J connectivity index is 2.75. The first-order valence-corrected chi connectivity index (χ1v) is 6.52. The molecule has 1 aromatic carbocycles. The Labute approximate surface area is 127 Å². The Morgan fingerprint density at radius 2 is 1.91 bits per heavy atom. The van der Waals surface area contributed by atoms with Crippen molar-refractivity contribution in [3.05, 3.63) is 27.8 Å². The maximum atomic E-state index is 11.6. The van der Waals surface area contributed by atoms with Crippen molar-refractivity contribution in [3.63, 3.8) is 0 Å². The molecule has 0 aliphatic carbocycles. The maximum Gasteiger partial charge on any atom is 0.324 e. The second-order valence-corrected chi connectivity index (χ2v) is 4.48. The first kappa shape index (κ1) is 16.1. The summed E-state index contributed by atoms with van der Waals surface area (Å²) < 4.78 is 20.9. The van der Waals surface area contributed by atoms with Crippen LogP contribution in [0.4, 0.5) is 11.4 Å². The molecule has 1 aromatic rings. The van der Waals surface area contributed by atoms with E-state index in [4.69, 9.17) is 18.9 Å². The molecule has 0 atom stereocenters. The number of nitro groups is 1. The predicted octanol–water partition coefficient (Wildman–Crippen LogP) is 2.04. The minimum atomic E-state index is -0.711. The van der Waals surface area contributed by atoms with Crippen molar-refractivity contribution in [1.82, 2.24) is 0 Å². The Bertz CT molecular complexity index is 610. The molecule has 1 aliphatic heterocycles. The number of ether oxygens (including phenoxy) is 4. The molecule has 0 saturated heterocycles.